The predicted octanol–water partition coefficient (Wildman–Crippen LogP) is 2.91. The number of methoxy groups -OCH3 is 3. The van der Waals surface area contributed by atoms with E-state index in [9.17, 15) is 14.4 Å². The van der Waals surface area contributed by atoms with Gasteiger partial charge in [0.1, 0.15) is 0 Å². The average molecular weight is 487 g/mol. The predicted molar refractivity (Wildman–Crippen MR) is 124 cm³/mol. The standard InChI is InChI=1S/C23H22N2O8S/c1-29-17-8-13(9-18(30-2)20(17)31-3)10-19-22(27)25(23(28)34-19)7-6-24-21(26)14-4-5-15-16(11-14)33-12-32-15/h4-5,8-11H,6-7,12H2,1-3H3,(H,24,26)/b19-10-. The first-order valence-corrected chi connectivity index (χ1v) is 11.0. The zero-order valence-corrected chi connectivity index (χ0v) is 19.5. The number of hydrogen-bond acceptors (Lipinski definition) is 9. The third kappa shape index (κ3) is 4.60. The first-order chi connectivity index (χ1) is 16.4. The Morgan fingerprint density at radius 1 is 1.06 bits per heavy atom. The molecule has 10 nitrogen and oxygen atoms in total. The summed E-state index contributed by atoms with van der Waals surface area (Å²) in [7, 11) is 4.48. The van der Waals surface area contributed by atoms with Crippen molar-refractivity contribution in [1.82, 2.24) is 10.2 Å². The molecule has 0 aliphatic carbocycles. The molecule has 2 aromatic carbocycles. The molecule has 0 unspecified atom stereocenters. The summed E-state index contributed by atoms with van der Waals surface area (Å²) in [5.41, 5.74) is 0.997. The van der Waals surface area contributed by atoms with Crippen LogP contribution in [-0.4, -0.2) is 63.2 Å². The Hall–Kier alpha value is -3.86. The molecule has 34 heavy (non-hydrogen) atoms. The molecule has 0 spiro atoms. The second-order valence-corrected chi connectivity index (χ2v) is 8.11. The largest absolute Gasteiger partial charge is 0.493 e. The van der Waals surface area contributed by atoms with E-state index in [4.69, 9.17) is 23.7 Å². The van der Waals surface area contributed by atoms with E-state index in [1.807, 2.05) is 0 Å². The van der Waals surface area contributed by atoms with Crippen molar-refractivity contribution in [2.24, 2.45) is 0 Å². The molecule has 1 fully saturated rings. The van der Waals surface area contributed by atoms with Crippen molar-refractivity contribution < 1.29 is 38.1 Å². The number of amides is 3. The molecule has 2 heterocycles. The number of carbonyl (C=O) groups excluding carboxylic acids is 3. The van der Waals surface area contributed by atoms with Gasteiger partial charge < -0.3 is 29.0 Å². The number of nitrogens with zero attached hydrogens (tertiary/aromatic N) is 1. The number of fused-ring (bicyclic) bond motifs is 1. The fourth-order valence-corrected chi connectivity index (χ4v) is 4.31. The highest BCUT2D eigenvalue weighted by Crippen LogP contribution is 2.40. The van der Waals surface area contributed by atoms with Gasteiger partial charge in [-0.2, -0.15) is 0 Å². The molecular formula is C23H22N2O8S. The first kappa shape index (κ1) is 23.3. The zero-order chi connectivity index (χ0) is 24.2. The number of imide groups is 1. The maximum Gasteiger partial charge on any atom is 0.293 e. The second kappa shape index (κ2) is 9.96. The maximum atomic E-state index is 12.8. The molecule has 0 bridgehead atoms. The first-order valence-electron chi connectivity index (χ1n) is 10.2. The molecule has 1 saturated heterocycles. The van der Waals surface area contributed by atoms with Crippen LogP contribution in [0, 0.1) is 0 Å². The summed E-state index contributed by atoms with van der Waals surface area (Å²) < 4.78 is 26.5. The van der Waals surface area contributed by atoms with Gasteiger partial charge in [0.25, 0.3) is 17.1 Å². The fourth-order valence-electron chi connectivity index (χ4n) is 3.45. The van der Waals surface area contributed by atoms with E-state index in [0.29, 0.717) is 39.9 Å². The molecule has 0 atom stereocenters. The van der Waals surface area contributed by atoms with Gasteiger partial charge >= 0.3 is 0 Å². The van der Waals surface area contributed by atoms with Crippen LogP contribution in [0.2, 0.25) is 0 Å². The van der Waals surface area contributed by atoms with Crippen LogP contribution in [0.1, 0.15) is 15.9 Å². The van der Waals surface area contributed by atoms with Crippen molar-refractivity contribution >= 4 is 34.9 Å². The van der Waals surface area contributed by atoms with E-state index in [1.165, 1.54) is 21.3 Å². The van der Waals surface area contributed by atoms with Crippen LogP contribution in [0.5, 0.6) is 28.7 Å². The van der Waals surface area contributed by atoms with Crippen LogP contribution >= 0.6 is 11.8 Å². The molecule has 3 amide bonds. The molecule has 1 N–H and O–H groups in total. The molecule has 4 rings (SSSR count). The lowest BCUT2D eigenvalue weighted by Gasteiger charge is -2.13. The lowest BCUT2D eigenvalue weighted by atomic mass is 10.1. The number of thioether (sulfide) groups is 1. The minimum Gasteiger partial charge on any atom is -0.493 e. The Morgan fingerprint density at radius 2 is 1.76 bits per heavy atom. The summed E-state index contributed by atoms with van der Waals surface area (Å²) in [6, 6.07) is 8.21. The summed E-state index contributed by atoms with van der Waals surface area (Å²) in [5.74, 6) is 1.56. The molecule has 178 valence electrons. The topological polar surface area (TPSA) is 113 Å². The number of nitrogens with one attached hydrogen (secondary N) is 1. The van der Waals surface area contributed by atoms with Gasteiger partial charge in [-0.3, -0.25) is 19.3 Å². The number of carbonyl (C=O) groups is 3. The van der Waals surface area contributed by atoms with E-state index in [2.05, 4.69) is 5.32 Å². The zero-order valence-electron chi connectivity index (χ0n) is 18.7. The number of ether oxygens (including phenoxy) is 5. The van der Waals surface area contributed by atoms with Crippen molar-refractivity contribution in [2.45, 2.75) is 0 Å². The van der Waals surface area contributed by atoms with Crippen LogP contribution in [0.4, 0.5) is 4.79 Å². The summed E-state index contributed by atoms with van der Waals surface area (Å²) in [4.78, 5) is 39.0. The number of benzene rings is 2. The summed E-state index contributed by atoms with van der Waals surface area (Å²) in [6.07, 6.45) is 1.58. The van der Waals surface area contributed by atoms with Gasteiger partial charge in [-0.05, 0) is 53.7 Å². The lowest BCUT2D eigenvalue weighted by molar-refractivity contribution is -0.122. The Kier molecular flexibility index (Phi) is 6.82. The highest BCUT2D eigenvalue weighted by molar-refractivity contribution is 8.18. The third-order valence-corrected chi connectivity index (χ3v) is 6.02. The normalized spacial score (nSPS) is 15.6. The SMILES string of the molecule is COc1cc(/C=C2\SC(=O)N(CCNC(=O)c3ccc4c(c3)OCO4)C2=O)cc(OC)c1OC. The maximum absolute atomic E-state index is 12.8. The van der Waals surface area contributed by atoms with Crippen molar-refractivity contribution in [3.63, 3.8) is 0 Å². The Morgan fingerprint density at radius 3 is 2.44 bits per heavy atom. The molecule has 2 aliphatic heterocycles. The van der Waals surface area contributed by atoms with Gasteiger partial charge in [0.2, 0.25) is 12.5 Å². The van der Waals surface area contributed by atoms with Gasteiger partial charge in [-0.15, -0.1) is 0 Å². The van der Waals surface area contributed by atoms with Crippen molar-refractivity contribution in [3.05, 3.63) is 46.4 Å². The minimum absolute atomic E-state index is 0.0353. The van der Waals surface area contributed by atoms with Gasteiger partial charge in [0.15, 0.2) is 23.0 Å². The number of rotatable bonds is 8. The van der Waals surface area contributed by atoms with E-state index in [1.54, 1.807) is 36.4 Å². The van der Waals surface area contributed by atoms with Crippen LogP contribution in [0.15, 0.2) is 35.2 Å². The molecule has 0 radical (unpaired) electrons. The van der Waals surface area contributed by atoms with Crippen molar-refractivity contribution in [2.75, 3.05) is 41.2 Å². The number of hydrogen-bond donors (Lipinski definition) is 1. The third-order valence-electron chi connectivity index (χ3n) is 5.11. The van der Waals surface area contributed by atoms with E-state index in [-0.39, 0.29) is 30.7 Å². The Labute approximate surface area is 199 Å². The molecule has 2 aliphatic rings. The van der Waals surface area contributed by atoms with E-state index in [0.717, 1.165) is 16.7 Å². The van der Waals surface area contributed by atoms with Gasteiger partial charge in [-0.25, -0.2) is 0 Å². The fraction of sp³-hybridized carbons (Fsp3) is 0.261. The quantitative estimate of drug-likeness (QED) is 0.563. The molecule has 0 aromatic heterocycles. The van der Waals surface area contributed by atoms with Gasteiger partial charge in [-0.1, -0.05) is 0 Å². The average Bonchev–Trinajstić information content (AvgIpc) is 3.42. The van der Waals surface area contributed by atoms with Gasteiger partial charge in [0.05, 0.1) is 26.2 Å². The van der Waals surface area contributed by atoms with Crippen LogP contribution < -0.4 is 29.0 Å². The van der Waals surface area contributed by atoms with Crippen LogP contribution in [-0.2, 0) is 4.79 Å². The molecule has 11 heteroatoms. The van der Waals surface area contributed by atoms with Crippen molar-refractivity contribution in [1.29, 1.82) is 0 Å². The summed E-state index contributed by atoms with van der Waals surface area (Å²) in [6.45, 7) is 0.250. The molecule has 2 aromatic rings. The summed E-state index contributed by atoms with van der Waals surface area (Å²) in [5, 5.41) is 2.29. The van der Waals surface area contributed by atoms with E-state index >= 15 is 0 Å². The van der Waals surface area contributed by atoms with Crippen LogP contribution in [0.3, 0.4) is 0 Å². The van der Waals surface area contributed by atoms with E-state index < -0.39 is 11.1 Å². The minimum atomic E-state index is -0.443. The molecular weight excluding hydrogens is 464 g/mol. The van der Waals surface area contributed by atoms with Gasteiger partial charge in [0, 0.05) is 18.7 Å². The lowest BCUT2D eigenvalue weighted by Crippen LogP contribution is -2.37. The smallest absolute Gasteiger partial charge is 0.293 e. The summed E-state index contributed by atoms with van der Waals surface area (Å²) >= 11 is 0.825. The Balaban J connectivity index is 1.41. The highest BCUT2D eigenvalue weighted by Gasteiger charge is 2.35. The molecule has 0 saturated carbocycles. The second-order valence-electron chi connectivity index (χ2n) is 7.12. The van der Waals surface area contributed by atoms with Crippen molar-refractivity contribution in [3.8, 4) is 28.7 Å². The Bertz CT molecular complexity index is 1150. The van der Waals surface area contributed by atoms with Crippen LogP contribution in [0.25, 0.3) is 6.08 Å². The highest BCUT2D eigenvalue weighted by atomic mass is 32.2. The monoisotopic (exact) mass is 486 g/mol.